The van der Waals surface area contributed by atoms with Crippen LogP contribution in [0.5, 0.6) is 11.5 Å². The average Bonchev–Trinajstić information content (AvgIpc) is 3.64. The molecule has 1 aliphatic heterocycles. The summed E-state index contributed by atoms with van der Waals surface area (Å²) in [6, 6.07) is 75.1. The Kier molecular flexibility index (Phi) is 7.49. The third kappa shape index (κ3) is 4.98. The lowest BCUT2D eigenvalue weighted by atomic mass is 9.65. The highest BCUT2D eigenvalue weighted by molar-refractivity contribution is 6.15. The number of pyridine rings is 1. The molecule has 4 nitrogen and oxygen atoms in total. The van der Waals surface area contributed by atoms with Crippen LogP contribution in [0.3, 0.4) is 0 Å². The van der Waals surface area contributed by atoms with E-state index in [1.807, 2.05) is 36.4 Å². The van der Waals surface area contributed by atoms with Gasteiger partial charge in [-0.25, -0.2) is 15.0 Å². The van der Waals surface area contributed by atoms with Crippen LogP contribution in [0.25, 0.3) is 88.7 Å². The fourth-order valence-corrected chi connectivity index (χ4v) is 10.2. The summed E-state index contributed by atoms with van der Waals surface area (Å²) in [6.07, 6.45) is 0. The lowest BCUT2D eigenvalue weighted by Gasteiger charge is -2.40. The summed E-state index contributed by atoms with van der Waals surface area (Å²) in [4.78, 5) is 15.9. The first-order valence-electron chi connectivity index (χ1n) is 21.1. The first-order chi connectivity index (χ1) is 30.7. The molecule has 62 heavy (non-hydrogen) atoms. The van der Waals surface area contributed by atoms with E-state index in [2.05, 4.69) is 176 Å². The van der Waals surface area contributed by atoms with Crippen LogP contribution in [0, 0.1) is 0 Å². The van der Waals surface area contributed by atoms with Gasteiger partial charge in [-0.3, -0.25) is 0 Å². The van der Waals surface area contributed by atoms with Gasteiger partial charge in [0.25, 0.3) is 0 Å². The number of benzene rings is 9. The smallest absolute Gasteiger partial charge is 0.140 e. The van der Waals surface area contributed by atoms with E-state index >= 15 is 0 Å². The van der Waals surface area contributed by atoms with Crippen LogP contribution < -0.4 is 4.74 Å². The highest BCUT2D eigenvalue weighted by Gasteiger charge is 2.51. The summed E-state index contributed by atoms with van der Waals surface area (Å²) >= 11 is 0. The summed E-state index contributed by atoms with van der Waals surface area (Å²) in [6.45, 7) is 0. The van der Waals surface area contributed by atoms with Crippen molar-refractivity contribution in [1.82, 2.24) is 15.0 Å². The molecule has 0 N–H and O–H groups in total. The van der Waals surface area contributed by atoms with Crippen molar-refractivity contribution >= 4 is 32.7 Å². The maximum Gasteiger partial charge on any atom is 0.140 e. The summed E-state index contributed by atoms with van der Waals surface area (Å²) in [5.41, 5.74) is 17.3. The van der Waals surface area contributed by atoms with Gasteiger partial charge in [0.05, 0.1) is 39.0 Å². The number of nitrogens with zero attached hydrogens (tertiary/aromatic N) is 3. The molecule has 0 atom stereocenters. The molecule has 4 heteroatoms. The van der Waals surface area contributed by atoms with Crippen molar-refractivity contribution < 1.29 is 4.74 Å². The van der Waals surface area contributed by atoms with E-state index in [1.165, 1.54) is 22.3 Å². The Morgan fingerprint density at radius 2 is 0.887 bits per heavy atom. The monoisotopic (exact) mass is 789 g/mol. The predicted octanol–water partition coefficient (Wildman–Crippen LogP) is 14.5. The van der Waals surface area contributed by atoms with Crippen LogP contribution >= 0.6 is 0 Å². The molecule has 1 spiro atoms. The summed E-state index contributed by atoms with van der Waals surface area (Å²) in [5.74, 6) is 1.75. The van der Waals surface area contributed by atoms with Crippen molar-refractivity contribution in [2.45, 2.75) is 5.41 Å². The number of rotatable bonds is 4. The minimum Gasteiger partial charge on any atom is -0.456 e. The fourth-order valence-electron chi connectivity index (χ4n) is 10.2. The van der Waals surface area contributed by atoms with Crippen LogP contribution in [-0.4, -0.2) is 15.0 Å². The molecule has 2 aromatic heterocycles. The topological polar surface area (TPSA) is 47.9 Å². The van der Waals surface area contributed by atoms with E-state index in [4.69, 9.17) is 19.7 Å². The van der Waals surface area contributed by atoms with Crippen molar-refractivity contribution in [3.8, 4) is 67.5 Å². The van der Waals surface area contributed by atoms with Crippen LogP contribution in [0.15, 0.2) is 212 Å². The van der Waals surface area contributed by atoms with Gasteiger partial charge in [-0.1, -0.05) is 182 Å². The molecular formula is C58H35N3O. The largest absolute Gasteiger partial charge is 0.456 e. The average molecular weight is 790 g/mol. The van der Waals surface area contributed by atoms with Gasteiger partial charge in [0.1, 0.15) is 11.5 Å². The summed E-state index contributed by atoms with van der Waals surface area (Å²) in [7, 11) is 0. The van der Waals surface area contributed by atoms with Crippen molar-refractivity contribution in [1.29, 1.82) is 0 Å². The van der Waals surface area contributed by atoms with Gasteiger partial charge in [-0.05, 0) is 63.7 Å². The highest BCUT2D eigenvalue weighted by atomic mass is 16.5. The van der Waals surface area contributed by atoms with E-state index in [0.717, 1.165) is 100 Å². The van der Waals surface area contributed by atoms with Crippen molar-refractivity contribution in [3.63, 3.8) is 0 Å². The minimum absolute atomic E-state index is 0.558. The molecule has 13 rings (SSSR count). The molecule has 2 aliphatic rings. The zero-order valence-electron chi connectivity index (χ0n) is 33.5. The van der Waals surface area contributed by atoms with Crippen LogP contribution in [0.1, 0.15) is 22.3 Å². The molecule has 1 aliphatic carbocycles. The number of aromatic nitrogens is 3. The Labute approximate surface area is 358 Å². The van der Waals surface area contributed by atoms with Crippen molar-refractivity contribution in [2.75, 3.05) is 0 Å². The quantitative estimate of drug-likeness (QED) is 0.167. The predicted molar refractivity (Wildman–Crippen MR) is 251 cm³/mol. The Hall–Kier alpha value is -8.21. The van der Waals surface area contributed by atoms with E-state index in [9.17, 15) is 0 Å². The second-order valence-corrected chi connectivity index (χ2v) is 16.2. The van der Waals surface area contributed by atoms with Crippen LogP contribution in [-0.2, 0) is 5.41 Å². The van der Waals surface area contributed by atoms with Gasteiger partial charge in [0, 0.05) is 44.0 Å². The maximum atomic E-state index is 7.18. The molecule has 0 saturated heterocycles. The summed E-state index contributed by atoms with van der Waals surface area (Å²) in [5, 5.41) is 3.16. The number of hydrogen-bond acceptors (Lipinski definition) is 4. The zero-order chi connectivity index (χ0) is 40.8. The third-order valence-corrected chi connectivity index (χ3v) is 12.9. The lowest BCUT2D eigenvalue weighted by Crippen LogP contribution is -2.32. The molecule has 9 aromatic carbocycles. The van der Waals surface area contributed by atoms with Crippen LogP contribution in [0.4, 0.5) is 0 Å². The van der Waals surface area contributed by atoms with Crippen molar-refractivity contribution in [2.24, 2.45) is 0 Å². The van der Waals surface area contributed by atoms with Gasteiger partial charge in [-0.15, -0.1) is 0 Å². The highest BCUT2D eigenvalue weighted by Crippen LogP contribution is 2.63. The molecule has 0 saturated carbocycles. The molecule has 11 aromatic rings. The first kappa shape index (κ1) is 34.6. The fraction of sp³-hybridized carbons (Fsp3) is 0.0172. The Balaban J connectivity index is 1.01. The van der Waals surface area contributed by atoms with E-state index in [0.29, 0.717) is 0 Å². The Morgan fingerprint density at radius 1 is 0.323 bits per heavy atom. The molecule has 0 unspecified atom stereocenters. The van der Waals surface area contributed by atoms with Gasteiger partial charge in [0.15, 0.2) is 0 Å². The Bertz CT molecular complexity index is 3570. The third-order valence-electron chi connectivity index (χ3n) is 12.9. The second kappa shape index (κ2) is 13.4. The van der Waals surface area contributed by atoms with E-state index in [1.54, 1.807) is 0 Å². The molecule has 0 amide bonds. The number of para-hydroxylation sites is 2. The zero-order valence-corrected chi connectivity index (χ0v) is 33.5. The van der Waals surface area contributed by atoms with Crippen molar-refractivity contribution in [3.05, 3.63) is 235 Å². The van der Waals surface area contributed by atoms with Gasteiger partial charge in [0.2, 0.25) is 0 Å². The second-order valence-electron chi connectivity index (χ2n) is 16.2. The summed E-state index contributed by atoms with van der Waals surface area (Å²) < 4.78 is 7.18. The Morgan fingerprint density at radius 3 is 1.63 bits per heavy atom. The van der Waals surface area contributed by atoms with Gasteiger partial charge >= 0.3 is 0 Å². The molecule has 288 valence electrons. The van der Waals surface area contributed by atoms with E-state index in [-0.39, 0.29) is 0 Å². The maximum absolute atomic E-state index is 7.18. The molecule has 3 heterocycles. The van der Waals surface area contributed by atoms with Gasteiger partial charge < -0.3 is 4.74 Å². The SMILES string of the molecule is c1ccc(-c2nc3ccc(-c4cccc(-c5nc6ccccc6c6c7c(ccc56)C5(c6ccccc6O7)c6ccccc6-c6ccccc65)c4)cc3nc2-c2ccccc2)cc1. The van der Waals surface area contributed by atoms with Crippen LogP contribution in [0.2, 0.25) is 0 Å². The molecule has 0 radical (unpaired) electrons. The van der Waals surface area contributed by atoms with Gasteiger partial charge in [-0.2, -0.15) is 0 Å². The first-order valence-corrected chi connectivity index (χ1v) is 21.1. The normalized spacial score (nSPS) is 13.1. The molecule has 0 bridgehead atoms. The number of ether oxygens (including phenoxy) is 1. The lowest BCUT2D eigenvalue weighted by molar-refractivity contribution is 0.442. The minimum atomic E-state index is -0.558. The molecule has 0 fully saturated rings. The number of hydrogen-bond donors (Lipinski definition) is 0. The molecular weight excluding hydrogens is 755 g/mol. The van der Waals surface area contributed by atoms with E-state index < -0.39 is 5.41 Å². The number of fused-ring (bicyclic) bond motifs is 14. The standard InChI is InChI=1S/C58H35N3O/c1-3-16-36(17-4-1)55-56(37-18-5-2-6-19-37)61-51-35-39(30-33-50(51)60-55)38-20-15-21-40(34-38)54-44-31-32-48-57(53(44)43-24-9-13-28-49(43)59-54)62-52-29-14-12-27-47(52)58(48)45-25-10-7-22-41(45)42-23-8-11-26-46(42)58/h1-35H.